The van der Waals surface area contributed by atoms with Crippen LogP contribution in [0.3, 0.4) is 0 Å². The molecule has 0 aromatic heterocycles. The summed E-state index contributed by atoms with van der Waals surface area (Å²) in [7, 11) is 0. The molecular weight excluding hydrogens is 362 g/mol. The van der Waals surface area contributed by atoms with Crippen LogP contribution in [-0.2, 0) is 12.3 Å². The van der Waals surface area contributed by atoms with Crippen molar-refractivity contribution in [3.63, 3.8) is 0 Å². The normalized spacial score (nSPS) is 10.4. The fourth-order valence-corrected chi connectivity index (χ4v) is 2.43. The quantitative estimate of drug-likeness (QED) is 0.544. The lowest BCUT2D eigenvalue weighted by atomic mass is 10.1. The van der Waals surface area contributed by atoms with Crippen molar-refractivity contribution in [1.82, 2.24) is 0 Å². The van der Waals surface area contributed by atoms with Crippen LogP contribution in [-0.4, -0.2) is 5.33 Å². The highest BCUT2D eigenvalue weighted by molar-refractivity contribution is 14.1. The zero-order valence-electron chi connectivity index (χ0n) is 7.19. The zero-order chi connectivity index (χ0) is 9.68. The van der Waals surface area contributed by atoms with Gasteiger partial charge in [-0.3, -0.25) is 0 Å². The van der Waals surface area contributed by atoms with Crippen molar-refractivity contribution in [2.24, 2.45) is 0 Å². The molecule has 0 bridgehead atoms. The molecule has 1 aromatic carbocycles. The van der Waals surface area contributed by atoms with Crippen LogP contribution in [0.1, 0.15) is 17.5 Å². The van der Waals surface area contributed by atoms with Gasteiger partial charge in [-0.15, -0.1) is 11.6 Å². The average Bonchev–Trinajstić information content (AvgIpc) is 2.16. The molecule has 13 heavy (non-hydrogen) atoms. The summed E-state index contributed by atoms with van der Waals surface area (Å²) in [4.78, 5) is 0. The Balaban J connectivity index is 2.73. The van der Waals surface area contributed by atoms with Gasteiger partial charge in [0, 0.05) is 14.8 Å². The first-order chi connectivity index (χ1) is 6.27. The van der Waals surface area contributed by atoms with Gasteiger partial charge in [-0.05, 0) is 52.6 Å². The number of halogens is 3. The van der Waals surface area contributed by atoms with E-state index in [1.54, 1.807) is 0 Å². The molecule has 0 aliphatic rings. The smallest absolute Gasteiger partial charge is 0.0474 e. The first-order valence-electron chi connectivity index (χ1n) is 4.17. The fourth-order valence-electron chi connectivity index (χ4n) is 1.13. The van der Waals surface area contributed by atoms with E-state index in [0.717, 1.165) is 11.8 Å². The van der Waals surface area contributed by atoms with E-state index in [-0.39, 0.29) is 0 Å². The maximum Gasteiger partial charge on any atom is 0.0474 e. The highest BCUT2D eigenvalue weighted by Crippen LogP contribution is 2.17. The summed E-state index contributed by atoms with van der Waals surface area (Å²) in [6, 6.07) is 6.46. The molecule has 0 amide bonds. The van der Waals surface area contributed by atoms with Crippen LogP contribution in [0.5, 0.6) is 0 Å². The Bertz CT molecular complexity index is 276. The number of rotatable bonds is 4. The molecule has 0 N–H and O–H groups in total. The summed E-state index contributed by atoms with van der Waals surface area (Å²) >= 11 is 11.6. The Labute approximate surface area is 106 Å². The van der Waals surface area contributed by atoms with Crippen LogP contribution < -0.4 is 0 Å². The molecule has 0 nitrogen and oxygen atoms in total. The number of benzene rings is 1. The molecular formula is C10H11BrClI. The number of hydrogen-bond acceptors (Lipinski definition) is 0. The van der Waals surface area contributed by atoms with Crippen LogP contribution in [0.15, 0.2) is 18.2 Å². The predicted octanol–water partition coefficient (Wildman–Crippen LogP) is 4.36. The Hall–Kier alpha value is 0.720. The van der Waals surface area contributed by atoms with E-state index in [1.165, 1.54) is 21.1 Å². The summed E-state index contributed by atoms with van der Waals surface area (Å²) in [6.45, 7) is 0. The lowest BCUT2D eigenvalue weighted by Gasteiger charge is -2.04. The molecule has 0 aliphatic carbocycles. The van der Waals surface area contributed by atoms with Crippen molar-refractivity contribution in [2.75, 3.05) is 5.33 Å². The molecule has 0 atom stereocenters. The summed E-state index contributed by atoms with van der Waals surface area (Å²) in [5.41, 5.74) is 2.63. The van der Waals surface area contributed by atoms with E-state index in [4.69, 9.17) is 11.6 Å². The van der Waals surface area contributed by atoms with Gasteiger partial charge in [-0.25, -0.2) is 0 Å². The molecule has 0 aliphatic heterocycles. The Kier molecular flexibility index (Phi) is 5.67. The minimum atomic E-state index is 0.606. The summed E-state index contributed by atoms with van der Waals surface area (Å²) in [6.07, 6.45) is 2.34. The topological polar surface area (TPSA) is 0 Å². The standard InChI is InChI=1S/C10H11BrClI/c11-5-1-2-9-4-3-8(7-12)6-10(9)13/h3-4,6H,1-2,5,7H2. The highest BCUT2D eigenvalue weighted by Gasteiger charge is 2.00. The van der Waals surface area contributed by atoms with E-state index >= 15 is 0 Å². The SMILES string of the molecule is ClCc1ccc(CCCBr)c(I)c1. The van der Waals surface area contributed by atoms with E-state index < -0.39 is 0 Å². The maximum atomic E-state index is 5.74. The second kappa shape index (κ2) is 6.25. The maximum absolute atomic E-state index is 5.74. The number of aryl methyl sites for hydroxylation is 1. The lowest BCUT2D eigenvalue weighted by molar-refractivity contribution is 0.932. The Morgan fingerprint density at radius 3 is 2.69 bits per heavy atom. The Morgan fingerprint density at radius 1 is 1.38 bits per heavy atom. The monoisotopic (exact) mass is 372 g/mol. The van der Waals surface area contributed by atoms with Gasteiger partial charge in [0.1, 0.15) is 0 Å². The van der Waals surface area contributed by atoms with Gasteiger partial charge in [0.25, 0.3) is 0 Å². The molecule has 3 heteroatoms. The summed E-state index contributed by atoms with van der Waals surface area (Å²) < 4.78 is 1.33. The first kappa shape index (κ1) is 11.8. The van der Waals surface area contributed by atoms with E-state index in [0.29, 0.717) is 5.88 Å². The molecule has 0 unspecified atom stereocenters. The van der Waals surface area contributed by atoms with Crippen molar-refractivity contribution < 1.29 is 0 Å². The summed E-state index contributed by atoms with van der Waals surface area (Å²) in [5.74, 6) is 0.606. The average molecular weight is 373 g/mol. The van der Waals surface area contributed by atoms with Crippen molar-refractivity contribution in [3.8, 4) is 0 Å². The first-order valence-corrected chi connectivity index (χ1v) is 6.90. The van der Waals surface area contributed by atoms with Crippen LogP contribution in [0.2, 0.25) is 0 Å². The van der Waals surface area contributed by atoms with Gasteiger partial charge >= 0.3 is 0 Å². The number of hydrogen-bond donors (Lipinski definition) is 0. The van der Waals surface area contributed by atoms with Gasteiger partial charge in [0.2, 0.25) is 0 Å². The molecule has 0 spiro atoms. The van der Waals surface area contributed by atoms with Gasteiger partial charge in [-0.1, -0.05) is 28.1 Å². The molecule has 0 heterocycles. The van der Waals surface area contributed by atoms with E-state index in [2.05, 4.69) is 56.7 Å². The Morgan fingerprint density at radius 2 is 2.15 bits per heavy atom. The molecule has 0 saturated carbocycles. The minimum absolute atomic E-state index is 0.606. The second-order valence-corrected chi connectivity index (χ2v) is 5.07. The highest BCUT2D eigenvalue weighted by atomic mass is 127. The summed E-state index contributed by atoms with van der Waals surface area (Å²) in [5, 5.41) is 1.07. The van der Waals surface area contributed by atoms with E-state index in [1.807, 2.05) is 0 Å². The molecule has 1 rings (SSSR count). The molecule has 1 aromatic rings. The predicted molar refractivity (Wildman–Crippen MR) is 70.8 cm³/mol. The van der Waals surface area contributed by atoms with Crippen molar-refractivity contribution in [2.45, 2.75) is 18.7 Å². The van der Waals surface area contributed by atoms with Crippen molar-refractivity contribution in [3.05, 3.63) is 32.9 Å². The van der Waals surface area contributed by atoms with Gasteiger partial charge in [0.15, 0.2) is 0 Å². The van der Waals surface area contributed by atoms with Gasteiger partial charge in [-0.2, -0.15) is 0 Å². The third-order valence-corrected chi connectivity index (χ3v) is 3.73. The molecule has 72 valence electrons. The fraction of sp³-hybridized carbons (Fsp3) is 0.400. The minimum Gasteiger partial charge on any atom is -0.122 e. The largest absolute Gasteiger partial charge is 0.122 e. The van der Waals surface area contributed by atoms with Crippen LogP contribution in [0.25, 0.3) is 0 Å². The van der Waals surface area contributed by atoms with Crippen LogP contribution in [0, 0.1) is 3.57 Å². The third-order valence-electron chi connectivity index (χ3n) is 1.85. The zero-order valence-corrected chi connectivity index (χ0v) is 11.7. The van der Waals surface area contributed by atoms with Gasteiger partial charge < -0.3 is 0 Å². The third kappa shape index (κ3) is 3.76. The van der Waals surface area contributed by atoms with Crippen LogP contribution >= 0.6 is 50.1 Å². The molecule has 0 radical (unpaired) electrons. The lowest BCUT2D eigenvalue weighted by Crippen LogP contribution is -1.91. The van der Waals surface area contributed by atoms with E-state index in [9.17, 15) is 0 Å². The van der Waals surface area contributed by atoms with Crippen LogP contribution in [0.4, 0.5) is 0 Å². The van der Waals surface area contributed by atoms with Crippen molar-refractivity contribution in [1.29, 1.82) is 0 Å². The second-order valence-electron chi connectivity index (χ2n) is 2.85. The number of alkyl halides is 2. The molecule has 0 fully saturated rings. The van der Waals surface area contributed by atoms with Gasteiger partial charge in [0.05, 0.1) is 0 Å². The van der Waals surface area contributed by atoms with Crippen molar-refractivity contribution >= 4 is 50.1 Å². The molecule has 0 saturated heterocycles.